The first-order valence-electron chi connectivity index (χ1n) is 9.63. The Labute approximate surface area is 170 Å². The summed E-state index contributed by atoms with van der Waals surface area (Å²) >= 11 is 0. The lowest BCUT2D eigenvalue weighted by atomic mass is 10.2. The second-order valence-electron chi connectivity index (χ2n) is 6.81. The van der Waals surface area contributed by atoms with Crippen LogP contribution in [0.5, 0.6) is 5.75 Å². The number of carbonyl (C=O) groups is 1. The van der Waals surface area contributed by atoms with Gasteiger partial charge in [0, 0.05) is 44.3 Å². The fraction of sp³-hybridized carbons (Fsp3) is 0.273. The number of ether oxygens (including phenoxy) is 2. The van der Waals surface area contributed by atoms with Crippen molar-refractivity contribution in [2.24, 2.45) is 0 Å². The Balaban J connectivity index is 1.35. The molecule has 1 aliphatic heterocycles. The topological polar surface area (TPSA) is 59.8 Å². The summed E-state index contributed by atoms with van der Waals surface area (Å²) in [6, 6.07) is 17.6. The van der Waals surface area contributed by atoms with Crippen LogP contribution in [0.3, 0.4) is 0 Å². The number of hydrogen-bond donors (Lipinski definition) is 0. The van der Waals surface area contributed by atoms with E-state index in [0.29, 0.717) is 32.8 Å². The van der Waals surface area contributed by atoms with E-state index in [1.165, 1.54) is 0 Å². The van der Waals surface area contributed by atoms with Gasteiger partial charge in [0.1, 0.15) is 12.4 Å². The second kappa shape index (κ2) is 8.68. The van der Waals surface area contributed by atoms with Crippen molar-refractivity contribution >= 4 is 12.0 Å². The molecule has 0 N–H and O–H groups in total. The molecule has 3 aromatic rings. The van der Waals surface area contributed by atoms with E-state index in [9.17, 15) is 4.79 Å². The van der Waals surface area contributed by atoms with Crippen LogP contribution in [0.1, 0.15) is 5.56 Å². The third-order valence-electron chi connectivity index (χ3n) is 5.00. The zero-order valence-electron chi connectivity index (χ0n) is 16.4. The molecule has 0 saturated carbocycles. The van der Waals surface area contributed by atoms with Gasteiger partial charge < -0.3 is 19.3 Å². The molecule has 0 unspecified atom stereocenters. The maximum absolute atomic E-state index is 12.4. The molecule has 1 aromatic heterocycles. The summed E-state index contributed by atoms with van der Waals surface area (Å²) in [5, 5.41) is 0. The number of imidazole rings is 1. The van der Waals surface area contributed by atoms with E-state index in [-0.39, 0.29) is 6.09 Å². The fourth-order valence-corrected chi connectivity index (χ4v) is 3.37. The third-order valence-corrected chi connectivity index (χ3v) is 5.00. The van der Waals surface area contributed by atoms with Crippen molar-refractivity contribution in [2.75, 3.05) is 38.2 Å². The number of aromatic nitrogens is 2. The van der Waals surface area contributed by atoms with Gasteiger partial charge in [0.15, 0.2) is 0 Å². The molecule has 150 valence electrons. The van der Waals surface area contributed by atoms with Crippen LogP contribution in [-0.2, 0) is 11.3 Å². The summed E-state index contributed by atoms with van der Waals surface area (Å²) in [6.45, 7) is 2.90. The van der Waals surface area contributed by atoms with Crippen LogP contribution >= 0.6 is 0 Å². The third kappa shape index (κ3) is 4.34. The number of nitrogens with zero attached hydrogens (tertiary/aromatic N) is 4. The smallest absolute Gasteiger partial charge is 0.410 e. The second-order valence-corrected chi connectivity index (χ2v) is 6.81. The molecule has 0 radical (unpaired) electrons. The number of carbonyl (C=O) groups excluding carboxylic acids is 1. The first-order valence-corrected chi connectivity index (χ1v) is 9.63. The number of anilines is 1. The van der Waals surface area contributed by atoms with Gasteiger partial charge in [-0.2, -0.15) is 0 Å². The number of benzene rings is 2. The Morgan fingerprint density at radius 3 is 2.41 bits per heavy atom. The molecule has 1 saturated heterocycles. The van der Waals surface area contributed by atoms with Gasteiger partial charge in [0.2, 0.25) is 5.95 Å². The van der Waals surface area contributed by atoms with E-state index in [2.05, 4.69) is 9.88 Å². The molecule has 0 atom stereocenters. The molecule has 1 amide bonds. The molecule has 4 rings (SSSR count). The lowest BCUT2D eigenvalue weighted by molar-refractivity contribution is 0.0940. The van der Waals surface area contributed by atoms with Gasteiger partial charge in [-0.25, -0.2) is 9.78 Å². The van der Waals surface area contributed by atoms with E-state index in [4.69, 9.17) is 9.47 Å². The van der Waals surface area contributed by atoms with Crippen molar-refractivity contribution in [1.82, 2.24) is 14.5 Å². The predicted octanol–water partition coefficient (Wildman–Crippen LogP) is 3.34. The maximum atomic E-state index is 12.4. The van der Waals surface area contributed by atoms with Crippen LogP contribution in [0.2, 0.25) is 0 Å². The van der Waals surface area contributed by atoms with Crippen molar-refractivity contribution in [3.05, 3.63) is 72.6 Å². The first kappa shape index (κ1) is 18.9. The van der Waals surface area contributed by atoms with Gasteiger partial charge >= 0.3 is 6.09 Å². The molecule has 0 bridgehead atoms. The van der Waals surface area contributed by atoms with Crippen molar-refractivity contribution in [3.8, 4) is 11.4 Å². The molecule has 7 nitrogen and oxygen atoms in total. The number of amides is 1. The molecule has 0 spiro atoms. The van der Waals surface area contributed by atoms with Gasteiger partial charge in [-0.15, -0.1) is 0 Å². The highest BCUT2D eigenvalue weighted by Crippen LogP contribution is 2.22. The molecule has 29 heavy (non-hydrogen) atoms. The monoisotopic (exact) mass is 392 g/mol. The Bertz CT molecular complexity index is 932. The summed E-state index contributed by atoms with van der Waals surface area (Å²) in [4.78, 5) is 20.8. The molecule has 7 heteroatoms. The Hall–Kier alpha value is -3.48. The minimum Gasteiger partial charge on any atom is -0.497 e. The van der Waals surface area contributed by atoms with Crippen LogP contribution in [0, 0.1) is 0 Å². The van der Waals surface area contributed by atoms with Crippen LogP contribution in [-0.4, -0.2) is 53.8 Å². The average Bonchev–Trinajstić information content (AvgIpc) is 3.28. The number of piperazine rings is 1. The highest BCUT2D eigenvalue weighted by molar-refractivity contribution is 5.68. The van der Waals surface area contributed by atoms with Gasteiger partial charge in [0.25, 0.3) is 0 Å². The Kier molecular flexibility index (Phi) is 5.65. The van der Waals surface area contributed by atoms with Crippen LogP contribution < -0.4 is 9.64 Å². The Morgan fingerprint density at radius 2 is 1.72 bits per heavy atom. The maximum Gasteiger partial charge on any atom is 0.410 e. The van der Waals surface area contributed by atoms with E-state index in [1.54, 1.807) is 18.2 Å². The molecule has 1 aliphatic rings. The summed E-state index contributed by atoms with van der Waals surface area (Å²) in [7, 11) is 1.65. The zero-order chi connectivity index (χ0) is 20.1. The van der Waals surface area contributed by atoms with E-state index < -0.39 is 0 Å². The van der Waals surface area contributed by atoms with E-state index in [0.717, 1.165) is 22.9 Å². The minimum atomic E-state index is -0.271. The molecule has 2 heterocycles. The van der Waals surface area contributed by atoms with E-state index >= 15 is 0 Å². The quantitative estimate of drug-likeness (QED) is 0.667. The molecule has 1 fully saturated rings. The highest BCUT2D eigenvalue weighted by atomic mass is 16.6. The van der Waals surface area contributed by atoms with Crippen molar-refractivity contribution in [3.63, 3.8) is 0 Å². The first-order chi connectivity index (χ1) is 14.2. The van der Waals surface area contributed by atoms with Crippen molar-refractivity contribution in [2.45, 2.75) is 6.61 Å². The number of hydrogen-bond acceptors (Lipinski definition) is 5. The van der Waals surface area contributed by atoms with Gasteiger partial charge in [0.05, 0.1) is 7.11 Å². The SMILES string of the molecule is COc1ccc(-n2ccnc2N2CCN(C(=O)OCc3ccccc3)CC2)cc1. The summed E-state index contributed by atoms with van der Waals surface area (Å²) in [5.74, 6) is 1.69. The molecular weight excluding hydrogens is 368 g/mol. The molecular formula is C22H24N4O3. The van der Waals surface area contributed by atoms with Crippen molar-refractivity contribution in [1.29, 1.82) is 0 Å². The Morgan fingerprint density at radius 1 is 1.00 bits per heavy atom. The van der Waals surface area contributed by atoms with Crippen molar-refractivity contribution < 1.29 is 14.3 Å². The van der Waals surface area contributed by atoms with E-state index in [1.807, 2.05) is 65.4 Å². The number of rotatable bonds is 5. The molecule has 2 aromatic carbocycles. The van der Waals surface area contributed by atoms with Gasteiger partial charge in [-0.05, 0) is 29.8 Å². The summed E-state index contributed by atoms with van der Waals surface area (Å²) in [5.41, 5.74) is 2.00. The number of methoxy groups -OCH3 is 1. The zero-order valence-corrected chi connectivity index (χ0v) is 16.4. The predicted molar refractivity (Wildman–Crippen MR) is 111 cm³/mol. The fourth-order valence-electron chi connectivity index (χ4n) is 3.37. The summed E-state index contributed by atoms with van der Waals surface area (Å²) in [6.07, 6.45) is 3.46. The standard InChI is InChI=1S/C22H24N4O3/c1-28-20-9-7-19(8-10-20)26-12-11-23-21(26)24-13-15-25(16-14-24)22(27)29-17-18-5-3-2-4-6-18/h2-12H,13-17H2,1H3. The van der Waals surface area contributed by atoms with Crippen LogP contribution in [0.15, 0.2) is 67.0 Å². The lowest BCUT2D eigenvalue weighted by Gasteiger charge is -2.34. The van der Waals surface area contributed by atoms with Crippen LogP contribution in [0.4, 0.5) is 10.7 Å². The minimum absolute atomic E-state index is 0.271. The molecule has 0 aliphatic carbocycles. The highest BCUT2D eigenvalue weighted by Gasteiger charge is 2.24. The van der Waals surface area contributed by atoms with Crippen LogP contribution in [0.25, 0.3) is 5.69 Å². The van der Waals surface area contributed by atoms with Gasteiger partial charge in [-0.3, -0.25) is 4.57 Å². The van der Waals surface area contributed by atoms with Gasteiger partial charge in [-0.1, -0.05) is 30.3 Å². The summed E-state index contributed by atoms with van der Waals surface area (Å²) < 4.78 is 12.7. The average molecular weight is 392 g/mol. The largest absolute Gasteiger partial charge is 0.497 e. The lowest BCUT2D eigenvalue weighted by Crippen LogP contribution is -2.49. The normalized spacial score (nSPS) is 14.0.